The van der Waals surface area contributed by atoms with E-state index in [-0.39, 0.29) is 6.04 Å². The van der Waals surface area contributed by atoms with Crippen LogP contribution in [-0.2, 0) is 6.42 Å². The Bertz CT molecular complexity index is 336. The van der Waals surface area contributed by atoms with E-state index in [4.69, 9.17) is 23.1 Å². The van der Waals surface area contributed by atoms with Gasteiger partial charge >= 0.3 is 0 Å². The van der Waals surface area contributed by atoms with Crippen molar-refractivity contribution in [2.75, 3.05) is 5.73 Å². The molecule has 1 unspecified atom stereocenters. The standard InChI is InChI=1S/C10H13ClN2/c11-7-4-5-9(13)10-6(7)2-1-3-8(10)12/h4-5,8H,1-3,12-13H2. The molecule has 0 aliphatic heterocycles. The van der Waals surface area contributed by atoms with Crippen LogP contribution in [0.4, 0.5) is 5.69 Å². The fourth-order valence-electron chi connectivity index (χ4n) is 1.99. The van der Waals surface area contributed by atoms with E-state index >= 15 is 0 Å². The normalized spacial score (nSPS) is 21.2. The van der Waals surface area contributed by atoms with Gasteiger partial charge in [-0.25, -0.2) is 0 Å². The van der Waals surface area contributed by atoms with Crippen molar-refractivity contribution in [2.45, 2.75) is 25.3 Å². The van der Waals surface area contributed by atoms with Crippen molar-refractivity contribution in [1.82, 2.24) is 0 Å². The van der Waals surface area contributed by atoms with Crippen LogP contribution in [0.5, 0.6) is 0 Å². The summed E-state index contributed by atoms with van der Waals surface area (Å²) in [7, 11) is 0. The van der Waals surface area contributed by atoms with Gasteiger partial charge in [0.1, 0.15) is 0 Å². The molecular weight excluding hydrogens is 184 g/mol. The monoisotopic (exact) mass is 196 g/mol. The summed E-state index contributed by atoms with van der Waals surface area (Å²) in [4.78, 5) is 0. The second kappa shape index (κ2) is 3.20. The van der Waals surface area contributed by atoms with Gasteiger partial charge in [0.05, 0.1) is 0 Å². The molecule has 0 spiro atoms. The Morgan fingerprint density at radius 2 is 2.15 bits per heavy atom. The second-order valence-corrected chi connectivity index (χ2v) is 3.93. The van der Waals surface area contributed by atoms with Gasteiger partial charge in [0.25, 0.3) is 0 Å². The quantitative estimate of drug-likeness (QED) is 0.626. The van der Waals surface area contributed by atoms with Crippen molar-refractivity contribution in [2.24, 2.45) is 5.73 Å². The molecule has 0 saturated heterocycles. The van der Waals surface area contributed by atoms with Crippen molar-refractivity contribution >= 4 is 17.3 Å². The third-order valence-corrected chi connectivity index (χ3v) is 3.00. The van der Waals surface area contributed by atoms with Crippen LogP contribution in [-0.4, -0.2) is 0 Å². The molecule has 1 aliphatic rings. The van der Waals surface area contributed by atoms with Gasteiger partial charge < -0.3 is 11.5 Å². The van der Waals surface area contributed by atoms with Crippen LogP contribution in [0.25, 0.3) is 0 Å². The summed E-state index contributed by atoms with van der Waals surface area (Å²) in [6.07, 6.45) is 3.13. The first-order chi connectivity index (χ1) is 6.20. The van der Waals surface area contributed by atoms with Gasteiger partial charge in [0.15, 0.2) is 0 Å². The van der Waals surface area contributed by atoms with Crippen molar-refractivity contribution in [3.05, 3.63) is 28.3 Å². The lowest BCUT2D eigenvalue weighted by molar-refractivity contribution is 0.572. The molecular formula is C10H13ClN2. The van der Waals surface area contributed by atoms with Gasteiger partial charge in [-0.15, -0.1) is 0 Å². The van der Waals surface area contributed by atoms with E-state index in [1.807, 2.05) is 12.1 Å². The Morgan fingerprint density at radius 1 is 1.38 bits per heavy atom. The zero-order valence-corrected chi connectivity index (χ0v) is 8.14. The fraction of sp³-hybridized carbons (Fsp3) is 0.400. The van der Waals surface area contributed by atoms with E-state index in [9.17, 15) is 0 Å². The minimum atomic E-state index is 0.0717. The predicted molar refractivity (Wildman–Crippen MR) is 55.7 cm³/mol. The average molecular weight is 197 g/mol. The molecule has 0 saturated carbocycles. The molecule has 1 atom stereocenters. The molecule has 2 nitrogen and oxygen atoms in total. The number of hydrogen-bond donors (Lipinski definition) is 2. The highest BCUT2D eigenvalue weighted by atomic mass is 35.5. The third kappa shape index (κ3) is 1.40. The van der Waals surface area contributed by atoms with Gasteiger partial charge in [-0.05, 0) is 42.5 Å². The predicted octanol–water partition coefficient (Wildman–Crippen LogP) is 2.26. The first-order valence-electron chi connectivity index (χ1n) is 4.52. The van der Waals surface area contributed by atoms with Crippen molar-refractivity contribution < 1.29 is 0 Å². The Kier molecular flexibility index (Phi) is 2.18. The van der Waals surface area contributed by atoms with Gasteiger partial charge in [-0.2, -0.15) is 0 Å². The van der Waals surface area contributed by atoms with Crippen LogP contribution in [0.3, 0.4) is 0 Å². The molecule has 4 N–H and O–H groups in total. The molecule has 0 aromatic heterocycles. The first-order valence-corrected chi connectivity index (χ1v) is 4.90. The van der Waals surface area contributed by atoms with E-state index in [0.717, 1.165) is 41.1 Å². The van der Waals surface area contributed by atoms with Crippen molar-refractivity contribution in [3.8, 4) is 0 Å². The average Bonchev–Trinajstić information content (AvgIpc) is 2.12. The molecule has 0 bridgehead atoms. The lowest BCUT2D eigenvalue weighted by Crippen LogP contribution is -2.19. The third-order valence-electron chi connectivity index (χ3n) is 2.65. The summed E-state index contributed by atoms with van der Waals surface area (Å²) in [6, 6.07) is 3.77. The maximum atomic E-state index is 6.07. The molecule has 1 aromatic carbocycles. The van der Waals surface area contributed by atoms with Crippen LogP contribution in [0.15, 0.2) is 12.1 Å². The number of benzene rings is 1. The largest absolute Gasteiger partial charge is 0.398 e. The summed E-state index contributed by atoms with van der Waals surface area (Å²) >= 11 is 6.07. The minimum Gasteiger partial charge on any atom is -0.398 e. The van der Waals surface area contributed by atoms with Crippen molar-refractivity contribution in [3.63, 3.8) is 0 Å². The van der Waals surface area contributed by atoms with Crippen molar-refractivity contribution in [1.29, 1.82) is 0 Å². The SMILES string of the molecule is Nc1ccc(Cl)c2c1C(N)CCC2. The number of rotatable bonds is 0. The number of nitrogens with two attached hydrogens (primary N) is 2. The number of halogens is 1. The summed E-state index contributed by atoms with van der Waals surface area (Å²) in [5.74, 6) is 0. The number of hydrogen-bond acceptors (Lipinski definition) is 2. The lowest BCUT2D eigenvalue weighted by Gasteiger charge is -2.24. The van der Waals surface area contributed by atoms with E-state index < -0.39 is 0 Å². The summed E-state index contributed by atoms with van der Waals surface area (Å²) in [5, 5.41) is 0.805. The minimum absolute atomic E-state index is 0.0717. The van der Waals surface area contributed by atoms with Gasteiger partial charge in [-0.3, -0.25) is 0 Å². The van der Waals surface area contributed by atoms with E-state index in [2.05, 4.69) is 0 Å². The van der Waals surface area contributed by atoms with Gasteiger partial charge in [0.2, 0.25) is 0 Å². The highest BCUT2D eigenvalue weighted by Gasteiger charge is 2.20. The second-order valence-electron chi connectivity index (χ2n) is 3.53. The molecule has 2 rings (SSSR count). The topological polar surface area (TPSA) is 52.0 Å². The highest BCUT2D eigenvalue weighted by molar-refractivity contribution is 6.31. The molecule has 3 heteroatoms. The van der Waals surface area contributed by atoms with Crippen LogP contribution in [0.1, 0.15) is 30.0 Å². The van der Waals surface area contributed by atoms with Gasteiger partial charge in [0, 0.05) is 16.8 Å². The van der Waals surface area contributed by atoms with Gasteiger partial charge in [-0.1, -0.05) is 11.6 Å². The molecule has 70 valence electrons. The number of fused-ring (bicyclic) bond motifs is 1. The molecule has 0 fully saturated rings. The van der Waals surface area contributed by atoms with Crippen LogP contribution >= 0.6 is 11.6 Å². The van der Waals surface area contributed by atoms with Crippen LogP contribution in [0, 0.1) is 0 Å². The van der Waals surface area contributed by atoms with E-state index in [1.54, 1.807) is 0 Å². The molecule has 0 radical (unpaired) electrons. The Balaban J connectivity index is 2.60. The van der Waals surface area contributed by atoms with E-state index in [0.29, 0.717) is 0 Å². The maximum Gasteiger partial charge on any atom is 0.0442 e. The maximum absolute atomic E-state index is 6.07. The number of nitrogen functional groups attached to an aromatic ring is 1. The zero-order chi connectivity index (χ0) is 9.42. The Hall–Kier alpha value is -0.730. The highest BCUT2D eigenvalue weighted by Crippen LogP contribution is 2.36. The Labute approximate surface area is 82.9 Å². The lowest BCUT2D eigenvalue weighted by atomic mass is 9.87. The zero-order valence-electron chi connectivity index (χ0n) is 7.39. The summed E-state index contributed by atoms with van der Waals surface area (Å²) < 4.78 is 0. The first kappa shape index (κ1) is 8.85. The Morgan fingerprint density at radius 3 is 2.85 bits per heavy atom. The summed E-state index contributed by atoms with van der Waals surface area (Å²) in [5.41, 5.74) is 14.8. The number of anilines is 1. The molecule has 1 aromatic rings. The smallest absolute Gasteiger partial charge is 0.0442 e. The van der Waals surface area contributed by atoms with E-state index in [1.165, 1.54) is 0 Å². The molecule has 1 aliphatic carbocycles. The molecule has 0 amide bonds. The molecule has 13 heavy (non-hydrogen) atoms. The fourth-order valence-corrected chi connectivity index (χ4v) is 2.25. The molecule has 0 heterocycles. The summed E-state index contributed by atoms with van der Waals surface area (Å²) in [6.45, 7) is 0. The van der Waals surface area contributed by atoms with Crippen LogP contribution < -0.4 is 11.5 Å². The van der Waals surface area contributed by atoms with Crippen LogP contribution in [0.2, 0.25) is 5.02 Å².